The normalized spacial score (nSPS) is 16.3. The maximum absolute atomic E-state index is 9.17. The van der Waals surface area contributed by atoms with E-state index in [0.29, 0.717) is 6.54 Å². The largest absolute Gasteiger partial charge is 0.396 e. The quantitative estimate of drug-likeness (QED) is 0.723. The zero-order valence-corrected chi connectivity index (χ0v) is 11.9. The van der Waals surface area contributed by atoms with Gasteiger partial charge < -0.3 is 16.2 Å². The van der Waals surface area contributed by atoms with Gasteiger partial charge in [-0.15, -0.1) is 0 Å². The summed E-state index contributed by atoms with van der Waals surface area (Å²) in [5, 5.41) is 12.7. The number of hydrogen-bond donors (Lipinski definition) is 3. The molecule has 0 saturated heterocycles. The monoisotopic (exact) mass is 250 g/mol. The zero-order valence-electron chi connectivity index (χ0n) is 11.9. The van der Waals surface area contributed by atoms with Crippen LogP contribution in [0.5, 0.6) is 0 Å². The highest BCUT2D eigenvalue weighted by Crippen LogP contribution is 2.18. The molecule has 0 spiro atoms. The summed E-state index contributed by atoms with van der Waals surface area (Å²) < 4.78 is 0. The molecular weight excluding hydrogens is 224 g/mol. The van der Waals surface area contributed by atoms with Crippen LogP contribution in [0.15, 0.2) is 18.2 Å². The zero-order chi connectivity index (χ0) is 13.7. The fourth-order valence-electron chi connectivity index (χ4n) is 1.92. The first-order valence-electron chi connectivity index (χ1n) is 6.63. The number of nitrogens with one attached hydrogen (secondary N) is 1. The maximum atomic E-state index is 9.17. The summed E-state index contributed by atoms with van der Waals surface area (Å²) in [4.78, 5) is 0. The lowest BCUT2D eigenvalue weighted by molar-refractivity contribution is 0.201. The van der Waals surface area contributed by atoms with Crippen LogP contribution >= 0.6 is 0 Å². The standard InChI is InChI=1S/C15H26N2O/c1-10-5-6-14(7-11(10)2)15(8-16)17-13(4)12(3)9-18/h5-7,12-13,15,17-18H,8-9,16H2,1-4H3. The molecule has 0 saturated carbocycles. The van der Waals surface area contributed by atoms with E-state index in [1.807, 2.05) is 6.92 Å². The summed E-state index contributed by atoms with van der Waals surface area (Å²) in [5.74, 6) is 0.227. The molecule has 3 atom stereocenters. The molecule has 0 radical (unpaired) electrons. The molecule has 1 aromatic rings. The molecule has 0 aliphatic heterocycles. The topological polar surface area (TPSA) is 58.3 Å². The highest BCUT2D eigenvalue weighted by molar-refractivity contribution is 5.32. The fraction of sp³-hybridized carbons (Fsp3) is 0.600. The van der Waals surface area contributed by atoms with E-state index in [1.165, 1.54) is 16.7 Å². The molecule has 0 aromatic heterocycles. The van der Waals surface area contributed by atoms with Gasteiger partial charge in [0.25, 0.3) is 0 Å². The molecule has 0 bridgehead atoms. The van der Waals surface area contributed by atoms with Crippen LogP contribution in [0.1, 0.15) is 36.6 Å². The van der Waals surface area contributed by atoms with E-state index in [2.05, 4.69) is 44.3 Å². The van der Waals surface area contributed by atoms with E-state index in [-0.39, 0.29) is 24.6 Å². The van der Waals surface area contributed by atoms with Crippen molar-refractivity contribution in [1.29, 1.82) is 0 Å². The van der Waals surface area contributed by atoms with E-state index in [9.17, 15) is 5.11 Å². The van der Waals surface area contributed by atoms with Crippen LogP contribution in [0.25, 0.3) is 0 Å². The molecule has 3 heteroatoms. The predicted molar refractivity (Wildman–Crippen MR) is 76.6 cm³/mol. The van der Waals surface area contributed by atoms with Crippen molar-refractivity contribution in [3.63, 3.8) is 0 Å². The first-order chi connectivity index (χ1) is 8.49. The van der Waals surface area contributed by atoms with Gasteiger partial charge in [0.2, 0.25) is 0 Å². The molecule has 102 valence electrons. The number of aliphatic hydroxyl groups is 1. The van der Waals surface area contributed by atoms with Crippen molar-refractivity contribution >= 4 is 0 Å². The highest BCUT2D eigenvalue weighted by Gasteiger charge is 2.17. The van der Waals surface area contributed by atoms with Crippen molar-refractivity contribution < 1.29 is 5.11 Å². The van der Waals surface area contributed by atoms with E-state index < -0.39 is 0 Å². The second-order valence-electron chi connectivity index (χ2n) is 5.25. The third-order valence-corrected chi connectivity index (χ3v) is 3.77. The number of nitrogens with two attached hydrogens (primary N) is 1. The molecule has 4 N–H and O–H groups in total. The van der Waals surface area contributed by atoms with Gasteiger partial charge in [-0.2, -0.15) is 0 Å². The SMILES string of the molecule is Cc1ccc(C(CN)NC(C)C(C)CO)cc1C. The Morgan fingerprint density at radius 1 is 1.22 bits per heavy atom. The van der Waals surface area contributed by atoms with E-state index >= 15 is 0 Å². The van der Waals surface area contributed by atoms with Crippen molar-refractivity contribution in [2.24, 2.45) is 11.7 Å². The molecule has 0 amide bonds. The number of hydrogen-bond acceptors (Lipinski definition) is 3. The predicted octanol–water partition coefficient (Wildman–Crippen LogP) is 1.91. The molecule has 0 heterocycles. The lowest BCUT2D eigenvalue weighted by atomic mass is 9.98. The van der Waals surface area contributed by atoms with E-state index in [1.54, 1.807) is 0 Å². The average molecular weight is 250 g/mol. The lowest BCUT2D eigenvalue weighted by Gasteiger charge is -2.26. The molecule has 3 unspecified atom stereocenters. The lowest BCUT2D eigenvalue weighted by Crippen LogP contribution is -2.39. The Balaban J connectivity index is 2.79. The van der Waals surface area contributed by atoms with Crippen molar-refractivity contribution in [1.82, 2.24) is 5.32 Å². The van der Waals surface area contributed by atoms with Crippen LogP contribution in [0.4, 0.5) is 0 Å². The van der Waals surface area contributed by atoms with Gasteiger partial charge in [0.05, 0.1) is 0 Å². The average Bonchev–Trinajstić information content (AvgIpc) is 2.38. The van der Waals surface area contributed by atoms with Crippen LogP contribution in [0.2, 0.25) is 0 Å². The van der Waals surface area contributed by atoms with Gasteiger partial charge in [0, 0.05) is 25.2 Å². The Morgan fingerprint density at radius 3 is 2.39 bits per heavy atom. The Labute approximate surface area is 110 Å². The van der Waals surface area contributed by atoms with E-state index in [0.717, 1.165) is 0 Å². The number of rotatable bonds is 6. The second-order valence-corrected chi connectivity index (χ2v) is 5.25. The third kappa shape index (κ3) is 3.80. The minimum atomic E-state index is 0.147. The molecule has 0 fully saturated rings. The molecule has 18 heavy (non-hydrogen) atoms. The highest BCUT2D eigenvalue weighted by atomic mass is 16.3. The fourth-order valence-corrected chi connectivity index (χ4v) is 1.92. The van der Waals surface area contributed by atoms with Crippen LogP contribution in [-0.2, 0) is 0 Å². The number of benzene rings is 1. The van der Waals surface area contributed by atoms with Crippen LogP contribution in [-0.4, -0.2) is 24.3 Å². The van der Waals surface area contributed by atoms with Gasteiger partial charge in [-0.05, 0) is 43.4 Å². The summed E-state index contributed by atoms with van der Waals surface area (Å²) >= 11 is 0. The van der Waals surface area contributed by atoms with E-state index in [4.69, 9.17) is 5.73 Å². The van der Waals surface area contributed by atoms with Crippen molar-refractivity contribution in [3.8, 4) is 0 Å². The summed E-state index contributed by atoms with van der Waals surface area (Å²) in [6.45, 7) is 9.10. The minimum absolute atomic E-state index is 0.147. The first-order valence-corrected chi connectivity index (χ1v) is 6.63. The van der Waals surface area contributed by atoms with Gasteiger partial charge in [0.1, 0.15) is 0 Å². The van der Waals surface area contributed by atoms with Gasteiger partial charge in [-0.1, -0.05) is 25.1 Å². The Hall–Kier alpha value is -0.900. The summed E-state index contributed by atoms with van der Waals surface area (Å²) in [6.07, 6.45) is 0. The summed E-state index contributed by atoms with van der Waals surface area (Å²) in [7, 11) is 0. The third-order valence-electron chi connectivity index (χ3n) is 3.77. The number of aliphatic hydroxyl groups excluding tert-OH is 1. The second kappa shape index (κ2) is 6.88. The molecule has 1 aromatic carbocycles. The van der Waals surface area contributed by atoms with Gasteiger partial charge in [-0.3, -0.25) is 0 Å². The molecule has 1 rings (SSSR count). The molecule has 0 aliphatic carbocycles. The Morgan fingerprint density at radius 2 is 1.89 bits per heavy atom. The first kappa shape index (κ1) is 15.2. The van der Waals surface area contributed by atoms with Crippen LogP contribution < -0.4 is 11.1 Å². The Kier molecular flexibility index (Phi) is 5.79. The van der Waals surface area contributed by atoms with Crippen molar-refractivity contribution in [2.45, 2.75) is 39.8 Å². The summed E-state index contributed by atoms with van der Waals surface area (Å²) in [6, 6.07) is 6.84. The van der Waals surface area contributed by atoms with Crippen molar-refractivity contribution in [2.75, 3.05) is 13.2 Å². The van der Waals surface area contributed by atoms with Gasteiger partial charge in [0.15, 0.2) is 0 Å². The summed E-state index contributed by atoms with van der Waals surface area (Å²) in [5.41, 5.74) is 9.66. The van der Waals surface area contributed by atoms with Crippen LogP contribution in [0.3, 0.4) is 0 Å². The van der Waals surface area contributed by atoms with Crippen molar-refractivity contribution in [3.05, 3.63) is 34.9 Å². The van der Waals surface area contributed by atoms with Crippen LogP contribution in [0, 0.1) is 19.8 Å². The molecular formula is C15H26N2O. The smallest absolute Gasteiger partial charge is 0.0471 e. The molecule has 0 aliphatic rings. The maximum Gasteiger partial charge on any atom is 0.0471 e. The number of aryl methyl sites for hydroxylation is 2. The molecule has 3 nitrogen and oxygen atoms in total. The van der Waals surface area contributed by atoms with Gasteiger partial charge in [-0.25, -0.2) is 0 Å². The van der Waals surface area contributed by atoms with Gasteiger partial charge >= 0.3 is 0 Å². The minimum Gasteiger partial charge on any atom is -0.396 e. The Bertz CT molecular complexity index is 379.